The molecule has 1 saturated heterocycles. The lowest BCUT2D eigenvalue weighted by molar-refractivity contribution is 0.181. The van der Waals surface area contributed by atoms with Crippen molar-refractivity contribution < 1.29 is 9.47 Å². The summed E-state index contributed by atoms with van der Waals surface area (Å²) in [5, 5.41) is 3.33. The fourth-order valence-corrected chi connectivity index (χ4v) is 2.71. The first-order valence-electron chi connectivity index (χ1n) is 7.57. The number of hydrogen-bond donors (Lipinski definition) is 1. The Labute approximate surface area is 140 Å². The smallest absolute Gasteiger partial charge is 0.193 e. The Bertz CT molecular complexity index is 473. The van der Waals surface area contributed by atoms with Gasteiger partial charge in [0.1, 0.15) is 12.4 Å². The summed E-state index contributed by atoms with van der Waals surface area (Å²) in [6, 6.07) is 7.84. The summed E-state index contributed by atoms with van der Waals surface area (Å²) < 4.78 is 12.2. The van der Waals surface area contributed by atoms with Crippen LogP contribution in [0.1, 0.15) is 6.42 Å². The molecule has 1 heterocycles. The van der Waals surface area contributed by atoms with E-state index in [1.54, 1.807) is 7.05 Å². The van der Waals surface area contributed by atoms with E-state index in [4.69, 9.17) is 9.47 Å². The van der Waals surface area contributed by atoms with Crippen molar-refractivity contribution >= 4 is 21.9 Å². The van der Waals surface area contributed by atoms with E-state index in [2.05, 4.69) is 38.2 Å². The van der Waals surface area contributed by atoms with Crippen molar-refractivity contribution in [2.45, 2.75) is 6.42 Å². The molecule has 1 fully saturated rings. The lowest BCUT2D eigenvalue weighted by atomic mass is 10.1. The van der Waals surface area contributed by atoms with Crippen LogP contribution in [0.4, 0.5) is 0 Å². The Morgan fingerprint density at radius 2 is 2.23 bits per heavy atom. The van der Waals surface area contributed by atoms with Crippen molar-refractivity contribution in [1.29, 1.82) is 0 Å². The number of nitrogens with one attached hydrogen (secondary N) is 1. The molecule has 0 aromatic heterocycles. The molecule has 6 heteroatoms. The molecule has 2 rings (SSSR count). The molecule has 0 spiro atoms. The lowest BCUT2D eigenvalue weighted by Gasteiger charge is -2.24. The number of aliphatic imine (C=N–C) groups is 1. The van der Waals surface area contributed by atoms with Crippen LogP contribution in [0.15, 0.2) is 33.7 Å². The monoisotopic (exact) mass is 369 g/mol. The number of nitrogens with zero attached hydrogens (tertiary/aromatic N) is 2. The first-order valence-corrected chi connectivity index (χ1v) is 8.36. The second-order valence-electron chi connectivity index (χ2n) is 5.39. The molecule has 1 atom stereocenters. The van der Waals surface area contributed by atoms with Gasteiger partial charge in [-0.25, -0.2) is 0 Å². The Kier molecular flexibility index (Phi) is 6.99. The maximum atomic E-state index is 5.69. The maximum Gasteiger partial charge on any atom is 0.193 e. The predicted octanol–water partition coefficient (Wildman–Crippen LogP) is 2.37. The second-order valence-corrected chi connectivity index (χ2v) is 6.30. The van der Waals surface area contributed by atoms with Gasteiger partial charge < -0.3 is 19.7 Å². The summed E-state index contributed by atoms with van der Waals surface area (Å²) in [6.45, 7) is 4.02. The van der Waals surface area contributed by atoms with Gasteiger partial charge in [0.25, 0.3) is 0 Å². The van der Waals surface area contributed by atoms with Gasteiger partial charge in [-0.1, -0.05) is 15.9 Å². The second kappa shape index (κ2) is 9.00. The zero-order chi connectivity index (χ0) is 15.8. The number of benzene rings is 1. The van der Waals surface area contributed by atoms with Crippen LogP contribution < -0.4 is 10.1 Å². The number of rotatable bonds is 6. The van der Waals surface area contributed by atoms with E-state index < -0.39 is 0 Å². The van der Waals surface area contributed by atoms with E-state index in [-0.39, 0.29) is 0 Å². The zero-order valence-corrected chi connectivity index (χ0v) is 14.8. The third-order valence-corrected chi connectivity index (χ3v) is 4.13. The van der Waals surface area contributed by atoms with Crippen LogP contribution >= 0.6 is 15.9 Å². The molecule has 0 saturated carbocycles. The molecule has 1 aliphatic rings. The van der Waals surface area contributed by atoms with Crippen LogP contribution in [0.3, 0.4) is 0 Å². The summed E-state index contributed by atoms with van der Waals surface area (Å²) in [4.78, 5) is 6.47. The molecular weight excluding hydrogens is 346 g/mol. The topological polar surface area (TPSA) is 46.1 Å². The minimum atomic E-state index is 0.598. The van der Waals surface area contributed by atoms with E-state index in [1.165, 1.54) is 0 Å². The molecule has 1 aliphatic heterocycles. The highest BCUT2D eigenvalue weighted by Crippen LogP contribution is 2.16. The normalized spacial score (nSPS) is 18.3. The third kappa shape index (κ3) is 5.50. The van der Waals surface area contributed by atoms with Crippen LogP contribution in [0.5, 0.6) is 5.75 Å². The van der Waals surface area contributed by atoms with E-state index in [1.807, 2.05) is 24.3 Å². The SMILES string of the molecule is CN=C(NCCOc1ccc(Br)cc1)N(C)CC1CCOC1. The maximum absolute atomic E-state index is 5.69. The zero-order valence-electron chi connectivity index (χ0n) is 13.2. The van der Waals surface area contributed by atoms with Gasteiger partial charge in [0.2, 0.25) is 0 Å². The largest absolute Gasteiger partial charge is 0.492 e. The van der Waals surface area contributed by atoms with Gasteiger partial charge in [0, 0.05) is 37.6 Å². The van der Waals surface area contributed by atoms with Crippen molar-refractivity contribution in [3.63, 3.8) is 0 Å². The van der Waals surface area contributed by atoms with Gasteiger partial charge in [-0.2, -0.15) is 0 Å². The van der Waals surface area contributed by atoms with Crippen molar-refractivity contribution in [2.75, 3.05) is 47.0 Å². The van der Waals surface area contributed by atoms with Crippen molar-refractivity contribution in [3.05, 3.63) is 28.7 Å². The summed E-state index contributed by atoms with van der Waals surface area (Å²) >= 11 is 3.41. The van der Waals surface area contributed by atoms with Crippen molar-refractivity contribution in [2.24, 2.45) is 10.9 Å². The summed E-state index contributed by atoms with van der Waals surface area (Å²) in [7, 11) is 3.86. The Morgan fingerprint density at radius 3 is 2.86 bits per heavy atom. The Balaban J connectivity index is 1.68. The molecule has 122 valence electrons. The third-order valence-electron chi connectivity index (χ3n) is 3.60. The number of ether oxygens (including phenoxy) is 2. The highest BCUT2D eigenvalue weighted by Gasteiger charge is 2.18. The highest BCUT2D eigenvalue weighted by molar-refractivity contribution is 9.10. The standard InChI is InChI=1S/C16H24BrN3O2/c1-18-16(20(2)11-13-7-9-21-12-13)19-8-10-22-15-5-3-14(17)4-6-15/h3-6,13H,7-12H2,1-2H3,(H,18,19). The van der Waals surface area contributed by atoms with E-state index in [9.17, 15) is 0 Å². The summed E-state index contributed by atoms with van der Waals surface area (Å²) in [6.07, 6.45) is 1.13. The van der Waals surface area contributed by atoms with E-state index in [0.717, 1.165) is 42.4 Å². The molecule has 0 aliphatic carbocycles. The van der Waals surface area contributed by atoms with Gasteiger partial charge in [0.05, 0.1) is 13.2 Å². The Morgan fingerprint density at radius 1 is 1.45 bits per heavy atom. The van der Waals surface area contributed by atoms with Crippen LogP contribution in [0.2, 0.25) is 0 Å². The van der Waals surface area contributed by atoms with E-state index in [0.29, 0.717) is 19.1 Å². The number of guanidine groups is 1. The molecule has 1 unspecified atom stereocenters. The predicted molar refractivity (Wildman–Crippen MR) is 92.6 cm³/mol. The fraction of sp³-hybridized carbons (Fsp3) is 0.562. The molecule has 1 aromatic rings. The molecule has 1 aromatic carbocycles. The minimum absolute atomic E-state index is 0.598. The van der Waals surface area contributed by atoms with Crippen LogP contribution in [-0.4, -0.2) is 57.9 Å². The van der Waals surface area contributed by atoms with Gasteiger partial charge >= 0.3 is 0 Å². The van der Waals surface area contributed by atoms with Crippen molar-refractivity contribution in [1.82, 2.24) is 10.2 Å². The molecule has 0 bridgehead atoms. The highest BCUT2D eigenvalue weighted by atomic mass is 79.9. The molecule has 1 N–H and O–H groups in total. The van der Waals surface area contributed by atoms with Crippen LogP contribution in [0, 0.1) is 5.92 Å². The van der Waals surface area contributed by atoms with Gasteiger partial charge in [-0.05, 0) is 30.7 Å². The average molecular weight is 370 g/mol. The lowest BCUT2D eigenvalue weighted by Crippen LogP contribution is -2.42. The summed E-state index contributed by atoms with van der Waals surface area (Å²) in [5.74, 6) is 2.37. The molecule has 22 heavy (non-hydrogen) atoms. The molecule has 5 nitrogen and oxygen atoms in total. The van der Waals surface area contributed by atoms with Gasteiger partial charge in [-0.15, -0.1) is 0 Å². The molecular formula is C16H24BrN3O2. The number of halogens is 1. The first-order chi connectivity index (χ1) is 10.7. The minimum Gasteiger partial charge on any atom is -0.492 e. The van der Waals surface area contributed by atoms with E-state index >= 15 is 0 Å². The van der Waals surface area contributed by atoms with Crippen molar-refractivity contribution in [3.8, 4) is 5.75 Å². The van der Waals surface area contributed by atoms with Gasteiger partial charge in [-0.3, -0.25) is 4.99 Å². The first kappa shape index (κ1) is 17.1. The Hall–Kier alpha value is -1.27. The molecule has 0 amide bonds. The van der Waals surface area contributed by atoms with Crippen LogP contribution in [-0.2, 0) is 4.74 Å². The summed E-state index contributed by atoms with van der Waals surface area (Å²) in [5.41, 5.74) is 0. The fourth-order valence-electron chi connectivity index (χ4n) is 2.45. The van der Waals surface area contributed by atoms with Gasteiger partial charge in [0.15, 0.2) is 5.96 Å². The average Bonchev–Trinajstić information content (AvgIpc) is 3.02. The van der Waals surface area contributed by atoms with Crippen LogP contribution in [0.25, 0.3) is 0 Å². The molecule has 0 radical (unpaired) electrons. The quantitative estimate of drug-likeness (QED) is 0.475. The number of hydrogen-bond acceptors (Lipinski definition) is 3.